The maximum Gasteiger partial charge on any atom is 0.267 e. The molecule has 0 radical (unpaired) electrons. The Morgan fingerprint density at radius 1 is 1.19 bits per heavy atom. The van der Waals surface area contributed by atoms with E-state index in [1.165, 1.54) is 22.7 Å². The summed E-state index contributed by atoms with van der Waals surface area (Å²) in [6, 6.07) is 12.9. The molecule has 0 fully saturated rings. The van der Waals surface area contributed by atoms with Crippen molar-refractivity contribution in [1.82, 2.24) is 9.88 Å². The van der Waals surface area contributed by atoms with Crippen LogP contribution in [0.5, 0.6) is 5.75 Å². The number of nitrogens with zero attached hydrogens (tertiary/aromatic N) is 2. The number of thiazole rings is 1. The molecule has 3 heterocycles. The molecule has 1 aromatic carbocycles. The van der Waals surface area contributed by atoms with Crippen molar-refractivity contribution in [3.8, 4) is 5.75 Å². The molecule has 1 aliphatic rings. The molecule has 1 N–H and O–H groups in total. The highest BCUT2D eigenvalue weighted by Gasteiger charge is 2.25. The van der Waals surface area contributed by atoms with E-state index in [0.29, 0.717) is 35.3 Å². The molecular formula is C19H17N3O3S2. The highest BCUT2D eigenvalue weighted by molar-refractivity contribution is 7.16. The van der Waals surface area contributed by atoms with Gasteiger partial charge in [0.2, 0.25) is 0 Å². The lowest BCUT2D eigenvalue weighted by molar-refractivity contribution is -0.134. The normalized spacial score (nSPS) is 13.1. The summed E-state index contributed by atoms with van der Waals surface area (Å²) in [7, 11) is 0. The van der Waals surface area contributed by atoms with E-state index in [1.54, 1.807) is 11.0 Å². The summed E-state index contributed by atoms with van der Waals surface area (Å²) < 4.78 is 5.55. The monoisotopic (exact) mass is 399 g/mol. The van der Waals surface area contributed by atoms with Gasteiger partial charge in [0.1, 0.15) is 5.75 Å². The number of hydrogen-bond acceptors (Lipinski definition) is 6. The molecule has 3 aromatic rings. The fourth-order valence-electron chi connectivity index (χ4n) is 2.78. The van der Waals surface area contributed by atoms with Crippen LogP contribution in [0.25, 0.3) is 0 Å². The highest BCUT2D eigenvalue weighted by Crippen LogP contribution is 2.29. The second-order valence-corrected chi connectivity index (χ2v) is 8.02. The van der Waals surface area contributed by atoms with Gasteiger partial charge in [-0.1, -0.05) is 35.6 Å². The van der Waals surface area contributed by atoms with E-state index >= 15 is 0 Å². The van der Waals surface area contributed by atoms with E-state index in [1.807, 2.05) is 41.8 Å². The molecule has 4 rings (SSSR count). The topological polar surface area (TPSA) is 71.5 Å². The predicted octanol–water partition coefficient (Wildman–Crippen LogP) is 3.42. The van der Waals surface area contributed by atoms with Gasteiger partial charge in [0, 0.05) is 17.8 Å². The fourth-order valence-corrected chi connectivity index (χ4v) is 4.42. The lowest BCUT2D eigenvalue weighted by atomic mass is 10.2. The van der Waals surface area contributed by atoms with Crippen molar-refractivity contribution in [2.75, 3.05) is 18.5 Å². The van der Waals surface area contributed by atoms with Crippen molar-refractivity contribution < 1.29 is 14.3 Å². The quantitative estimate of drug-likeness (QED) is 0.714. The molecule has 1 aliphatic heterocycles. The molecule has 8 heteroatoms. The Kier molecular flexibility index (Phi) is 5.17. The number of ether oxygens (including phenoxy) is 1. The van der Waals surface area contributed by atoms with Gasteiger partial charge in [-0.05, 0) is 23.6 Å². The van der Waals surface area contributed by atoms with Gasteiger partial charge in [0.25, 0.3) is 11.8 Å². The van der Waals surface area contributed by atoms with Gasteiger partial charge in [-0.15, -0.1) is 11.3 Å². The first-order valence-electron chi connectivity index (χ1n) is 8.48. The van der Waals surface area contributed by atoms with Crippen molar-refractivity contribution in [2.45, 2.75) is 13.0 Å². The Morgan fingerprint density at radius 3 is 2.81 bits per heavy atom. The van der Waals surface area contributed by atoms with Crippen molar-refractivity contribution in [2.24, 2.45) is 0 Å². The maximum absolute atomic E-state index is 12.4. The third-order valence-electron chi connectivity index (χ3n) is 4.15. The minimum atomic E-state index is -0.153. The molecular weight excluding hydrogens is 382 g/mol. The van der Waals surface area contributed by atoms with Crippen molar-refractivity contribution in [1.29, 1.82) is 0 Å². The molecule has 27 heavy (non-hydrogen) atoms. The maximum atomic E-state index is 12.4. The average Bonchev–Trinajstić information content (AvgIpc) is 3.35. The second kappa shape index (κ2) is 7.89. The number of thiophene rings is 1. The summed E-state index contributed by atoms with van der Waals surface area (Å²) >= 11 is 2.81. The lowest BCUT2D eigenvalue weighted by Crippen LogP contribution is -2.38. The van der Waals surface area contributed by atoms with E-state index in [-0.39, 0.29) is 18.4 Å². The van der Waals surface area contributed by atoms with Crippen LogP contribution in [0.4, 0.5) is 5.13 Å². The molecule has 0 saturated carbocycles. The molecule has 6 nitrogen and oxygen atoms in total. The summed E-state index contributed by atoms with van der Waals surface area (Å²) in [6.07, 6.45) is 0.678. The van der Waals surface area contributed by atoms with Gasteiger partial charge in [-0.3, -0.25) is 14.9 Å². The Bertz CT molecular complexity index is 939. The molecule has 0 atom stereocenters. The van der Waals surface area contributed by atoms with Crippen LogP contribution in [0, 0.1) is 0 Å². The summed E-state index contributed by atoms with van der Waals surface area (Å²) in [4.78, 5) is 32.5. The van der Waals surface area contributed by atoms with Crippen LogP contribution in [-0.2, 0) is 17.8 Å². The molecule has 0 spiro atoms. The molecule has 0 unspecified atom stereocenters. The van der Waals surface area contributed by atoms with E-state index in [2.05, 4.69) is 10.3 Å². The highest BCUT2D eigenvalue weighted by atomic mass is 32.1. The molecule has 138 valence electrons. The number of nitrogens with one attached hydrogen (secondary N) is 1. The second-order valence-electron chi connectivity index (χ2n) is 5.99. The van der Waals surface area contributed by atoms with E-state index < -0.39 is 0 Å². The van der Waals surface area contributed by atoms with Gasteiger partial charge in [-0.25, -0.2) is 4.98 Å². The first-order chi connectivity index (χ1) is 13.2. The number of amides is 2. The van der Waals surface area contributed by atoms with Crippen LogP contribution in [0.3, 0.4) is 0 Å². The minimum absolute atomic E-state index is 0.0140. The summed E-state index contributed by atoms with van der Waals surface area (Å²) in [5, 5.41) is 5.28. The number of rotatable bonds is 5. The SMILES string of the molecule is O=C(Nc1nc2c(s1)CN(C(=O)COc1ccccc1)CC2)c1cccs1. The van der Waals surface area contributed by atoms with Gasteiger partial charge in [-0.2, -0.15) is 0 Å². The molecule has 0 bridgehead atoms. The zero-order valence-electron chi connectivity index (χ0n) is 14.4. The van der Waals surface area contributed by atoms with Gasteiger partial charge >= 0.3 is 0 Å². The minimum Gasteiger partial charge on any atom is -0.484 e. The van der Waals surface area contributed by atoms with Crippen LogP contribution < -0.4 is 10.1 Å². The summed E-state index contributed by atoms with van der Waals surface area (Å²) in [6.45, 7) is 1.12. The summed E-state index contributed by atoms with van der Waals surface area (Å²) in [5.41, 5.74) is 0.953. The van der Waals surface area contributed by atoms with Crippen LogP contribution in [0.15, 0.2) is 47.8 Å². The first kappa shape index (κ1) is 17.7. The Hall–Kier alpha value is -2.71. The number of carbonyl (C=O) groups excluding carboxylic acids is 2. The number of anilines is 1. The largest absolute Gasteiger partial charge is 0.484 e. The van der Waals surface area contributed by atoms with E-state index in [9.17, 15) is 9.59 Å². The summed E-state index contributed by atoms with van der Waals surface area (Å²) in [5.74, 6) is 0.474. The molecule has 0 saturated heterocycles. The predicted molar refractivity (Wildman–Crippen MR) is 105 cm³/mol. The number of para-hydroxylation sites is 1. The third-order valence-corrected chi connectivity index (χ3v) is 6.02. The number of carbonyl (C=O) groups is 2. The van der Waals surface area contributed by atoms with Crippen LogP contribution in [0.2, 0.25) is 0 Å². The molecule has 2 aromatic heterocycles. The van der Waals surface area contributed by atoms with Crippen LogP contribution in [0.1, 0.15) is 20.2 Å². The smallest absolute Gasteiger partial charge is 0.267 e. The first-order valence-corrected chi connectivity index (χ1v) is 10.2. The Balaban J connectivity index is 1.36. The average molecular weight is 399 g/mol. The third kappa shape index (κ3) is 4.17. The van der Waals surface area contributed by atoms with Crippen LogP contribution in [-0.4, -0.2) is 34.8 Å². The zero-order valence-corrected chi connectivity index (χ0v) is 16.0. The van der Waals surface area contributed by atoms with E-state index in [0.717, 1.165) is 10.6 Å². The van der Waals surface area contributed by atoms with Gasteiger partial charge < -0.3 is 9.64 Å². The molecule has 0 aliphatic carbocycles. The Morgan fingerprint density at radius 2 is 2.04 bits per heavy atom. The Labute approximate surface area is 164 Å². The fraction of sp³-hybridized carbons (Fsp3) is 0.211. The number of aromatic nitrogens is 1. The standard InChI is InChI=1S/C19H17N3O3S2/c23-17(12-25-13-5-2-1-3-6-13)22-9-8-14-16(11-22)27-19(20-14)21-18(24)15-7-4-10-26-15/h1-7,10H,8-9,11-12H2,(H,20,21,24). The zero-order chi connectivity index (χ0) is 18.6. The molecule has 2 amide bonds. The number of benzene rings is 1. The van der Waals surface area contributed by atoms with Crippen molar-refractivity contribution in [3.63, 3.8) is 0 Å². The number of hydrogen-bond donors (Lipinski definition) is 1. The number of fused-ring (bicyclic) bond motifs is 1. The van der Waals surface area contributed by atoms with Gasteiger partial charge in [0.15, 0.2) is 11.7 Å². The lowest BCUT2D eigenvalue weighted by Gasteiger charge is -2.26. The van der Waals surface area contributed by atoms with Crippen LogP contribution >= 0.6 is 22.7 Å². The van der Waals surface area contributed by atoms with Crippen molar-refractivity contribution >= 4 is 39.6 Å². The van der Waals surface area contributed by atoms with Gasteiger partial charge in [0.05, 0.1) is 17.1 Å². The van der Waals surface area contributed by atoms with Crippen molar-refractivity contribution in [3.05, 3.63) is 63.3 Å². The van der Waals surface area contributed by atoms with E-state index in [4.69, 9.17) is 4.74 Å².